The third-order valence-electron chi connectivity index (χ3n) is 4.86. The Hall–Kier alpha value is -3.51. The molecule has 0 spiro atoms. The predicted molar refractivity (Wildman–Crippen MR) is 121 cm³/mol. The van der Waals surface area contributed by atoms with E-state index in [0.717, 1.165) is 16.0 Å². The SMILES string of the molecule is Cc1oc(-c2ccc(C(=O)NCc3ccccc3)cc2)nc1C[S@](=O)c1ccccc1. The molecule has 1 N–H and O–H groups in total. The van der Waals surface area contributed by atoms with Crippen LogP contribution in [0.25, 0.3) is 11.5 Å². The summed E-state index contributed by atoms with van der Waals surface area (Å²) >= 11 is 0. The van der Waals surface area contributed by atoms with Crippen LogP contribution in [-0.4, -0.2) is 15.1 Å². The molecule has 0 aliphatic rings. The molecule has 0 aliphatic heterocycles. The Bertz CT molecular complexity index is 1190. The maximum absolute atomic E-state index is 12.6. The Labute approximate surface area is 183 Å². The molecule has 0 bridgehead atoms. The topological polar surface area (TPSA) is 72.2 Å². The molecule has 0 saturated heterocycles. The van der Waals surface area contributed by atoms with Crippen molar-refractivity contribution in [1.82, 2.24) is 10.3 Å². The van der Waals surface area contributed by atoms with Crippen LogP contribution in [0.3, 0.4) is 0 Å². The molecule has 1 aromatic heterocycles. The van der Waals surface area contributed by atoms with Gasteiger partial charge in [0.25, 0.3) is 5.91 Å². The van der Waals surface area contributed by atoms with Crippen LogP contribution in [-0.2, 0) is 23.1 Å². The molecule has 4 rings (SSSR count). The number of aryl methyl sites for hydroxylation is 1. The van der Waals surface area contributed by atoms with Crippen molar-refractivity contribution in [2.24, 2.45) is 0 Å². The van der Waals surface area contributed by atoms with Gasteiger partial charge in [-0.3, -0.25) is 9.00 Å². The quantitative estimate of drug-likeness (QED) is 0.453. The highest BCUT2D eigenvalue weighted by molar-refractivity contribution is 7.84. The van der Waals surface area contributed by atoms with Crippen LogP contribution in [0.15, 0.2) is 94.2 Å². The molecule has 0 saturated carbocycles. The molecule has 0 aliphatic carbocycles. The Morgan fingerprint density at radius 2 is 1.58 bits per heavy atom. The van der Waals surface area contributed by atoms with E-state index in [1.807, 2.05) is 67.6 Å². The number of aromatic nitrogens is 1. The monoisotopic (exact) mass is 430 g/mol. The smallest absolute Gasteiger partial charge is 0.251 e. The van der Waals surface area contributed by atoms with Crippen LogP contribution in [0.1, 0.15) is 27.4 Å². The van der Waals surface area contributed by atoms with Gasteiger partial charge in [0, 0.05) is 22.6 Å². The predicted octanol–water partition coefficient (Wildman–Crippen LogP) is 4.89. The maximum Gasteiger partial charge on any atom is 0.251 e. The minimum atomic E-state index is -1.19. The van der Waals surface area contributed by atoms with E-state index in [0.29, 0.717) is 35.2 Å². The molecule has 156 valence electrons. The summed E-state index contributed by atoms with van der Waals surface area (Å²) in [4.78, 5) is 17.7. The van der Waals surface area contributed by atoms with Crippen molar-refractivity contribution in [2.45, 2.75) is 24.1 Å². The van der Waals surface area contributed by atoms with E-state index in [4.69, 9.17) is 4.42 Å². The molecule has 3 aromatic carbocycles. The first kappa shape index (κ1) is 20.8. The number of carbonyl (C=O) groups excluding carboxylic acids is 1. The zero-order valence-corrected chi connectivity index (χ0v) is 17.9. The Morgan fingerprint density at radius 1 is 0.935 bits per heavy atom. The number of oxazole rings is 1. The van der Waals surface area contributed by atoms with Gasteiger partial charge in [0.15, 0.2) is 0 Å². The minimum Gasteiger partial charge on any atom is -0.441 e. The molecule has 1 amide bonds. The molecule has 0 fully saturated rings. The van der Waals surface area contributed by atoms with Crippen LogP contribution in [0.4, 0.5) is 0 Å². The van der Waals surface area contributed by atoms with Crippen LogP contribution in [0, 0.1) is 6.92 Å². The van der Waals surface area contributed by atoms with Crippen LogP contribution >= 0.6 is 0 Å². The second-order valence-electron chi connectivity index (χ2n) is 7.07. The maximum atomic E-state index is 12.6. The van der Waals surface area contributed by atoms with Crippen molar-refractivity contribution in [3.05, 3.63) is 108 Å². The van der Waals surface area contributed by atoms with Crippen molar-refractivity contribution in [2.75, 3.05) is 0 Å². The summed E-state index contributed by atoms with van der Waals surface area (Å²) in [7, 11) is -1.19. The van der Waals surface area contributed by atoms with Gasteiger partial charge in [-0.1, -0.05) is 48.5 Å². The summed E-state index contributed by atoms with van der Waals surface area (Å²) < 4.78 is 18.4. The number of rotatable bonds is 7. The van der Waals surface area contributed by atoms with E-state index in [1.165, 1.54) is 0 Å². The van der Waals surface area contributed by atoms with Crippen molar-refractivity contribution < 1.29 is 13.4 Å². The van der Waals surface area contributed by atoms with E-state index in [1.54, 1.807) is 24.3 Å². The Morgan fingerprint density at radius 3 is 2.26 bits per heavy atom. The fourth-order valence-electron chi connectivity index (χ4n) is 3.11. The molecule has 0 unspecified atom stereocenters. The number of hydrogen-bond donors (Lipinski definition) is 1. The summed E-state index contributed by atoms with van der Waals surface area (Å²) in [5.41, 5.74) is 3.04. The fourth-order valence-corrected chi connectivity index (χ4v) is 4.25. The highest BCUT2D eigenvalue weighted by atomic mass is 32.2. The standard InChI is InChI=1S/C25H22N2O3S/c1-18-23(17-31(29)22-10-6-3-7-11-22)27-25(30-18)21-14-12-20(13-15-21)24(28)26-16-19-8-4-2-5-9-19/h2-15H,16-17H2,1H3,(H,26,28)/t31-/m0/s1. The average Bonchev–Trinajstić information content (AvgIpc) is 3.19. The molecular weight excluding hydrogens is 408 g/mol. The highest BCUT2D eigenvalue weighted by Gasteiger charge is 2.15. The van der Waals surface area contributed by atoms with Gasteiger partial charge in [-0.05, 0) is 48.9 Å². The third kappa shape index (κ3) is 5.16. The summed E-state index contributed by atoms with van der Waals surface area (Å²) in [5, 5.41) is 2.91. The third-order valence-corrected chi connectivity index (χ3v) is 6.19. The van der Waals surface area contributed by atoms with Gasteiger partial charge in [-0.15, -0.1) is 0 Å². The van der Waals surface area contributed by atoms with Gasteiger partial charge in [-0.25, -0.2) is 4.98 Å². The van der Waals surface area contributed by atoms with Crippen molar-refractivity contribution >= 4 is 16.7 Å². The molecular formula is C25H22N2O3S. The molecule has 5 nitrogen and oxygen atoms in total. The lowest BCUT2D eigenvalue weighted by Crippen LogP contribution is -2.22. The lowest BCUT2D eigenvalue weighted by Gasteiger charge is -2.05. The van der Waals surface area contributed by atoms with Gasteiger partial charge >= 0.3 is 0 Å². The van der Waals surface area contributed by atoms with Gasteiger partial charge in [-0.2, -0.15) is 0 Å². The highest BCUT2D eigenvalue weighted by Crippen LogP contribution is 2.24. The second-order valence-corrected chi connectivity index (χ2v) is 8.52. The van der Waals surface area contributed by atoms with E-state index < -0.39 is 10.8 Å². The van der Waals surface area contributed by atoms with Crippen molar-refractivity contribution in [3.63, 3.8) is 0 Å². The van der Waals surface area contributed by atoms with Crippen LogP contribution < -0.4 is 5.32 Å². The first-order valence-electron chi connectivity index (χ1n) is 9.92. The molecule has 1 heterocycles. The van der Waals surface area contributed by atoms with E-state index >= 15 is 0 Å². The normalized spacial score (nSPS) is 11.8. The number of nitrogens with zero attached hydrogens (tertiary/aromatic N) is 1. The minimum absolute atomic E-state index is 0.141. The molecule has 1 atom stereocenters. The number of hydrogen-bond acceptors (Lipinski definition) is 4. The van der Waals surface area contributed by atoms with Gasteiger partial charge in [0.2, 0.25) is 5.89 Å². The molecule has 6 heteroatoms. The van der Waals surface area contributed by atoms with E-state index in [9.17, 15) is 9.00 Å². The number of carbonyl (C=O) groups is 1. The Balaban J connectivity index is 1.42. The van der Waals surface area contributed by atoms with Crippen molar-refractivity contribution in [3.8, 4) is 11.5 Å². The first-order chi connectivity index (χ1) is 15.1. The van der Waals surface area contributed by atoms with Crippen molar-refractivity contribution in [1.29, 1.82) is 0 Å². The summed E-state index contributed by atoms with van der Waals surface area (Å²) in [6.45, 7) is 2.29. The first-order valence-corrected chi connectivity index (χ1v) is 11.2. The summed E-state index contributed by atoms with van der Waals surface area (Å²) in [6.07, 6.45) is 0. The largest absolute Gasteiger partial charge is 0.441 e. The molecule has 31 heavy (non-hydrogen) atoms. The van der Waals surface area contributed by atoms with Gasteiger partial charge < -0.3 is 9.73 Å². The van der Waals surface area contributed by atoms with Crippen LogP contribution in [0.5, 0.6) is 0 Å². The number of nitrogens with one attached hydrogen (secondary N) is 1. The molecule has 0 radical (unpaired) electrons. The van der Waals surface area contributed by atoms with Crippen LogP contribution in [0.2, 0.25) is 0 Å². The van der Waals surface area contributed by atoms with Gasteiger partial charge in [0.1, 0.15) is 5.76 Å². The lowest BCUT2D eigenvalue weighted by atomic mass is 10.1. The Kier molecular flexibility index (Phi) is 6.38. The van der Waals surface area contributed by atoms with E-state index in [2.05, 4.69) is 10.3 Å². The zero-order valence-electron chi connectivity index (χ0n) is 17.1. The van der Waals surface area contributed by atoms with E-state index in [-0.39, 0.29) is 5.91 Å². The fraction of sp³-hybridized carbons (Fsp3) is 0.120. The average molecular weight is 431 g/mol. The van der Waals surface area contributed by atoms with Gasteiger partial charge in [0.05, 0.1) is 22.2 Å². The lowest BCUT2D eigenvalue weighted by molar-refractivity contribution is 0.0951. The number of benzene rings is 3. The zero-order chi connectivity index (χ0) is 21.6. The summed E-state index contributed by atoms with van der Waals surface area (Å²) in [5.74, 6) is 1.25. The molecule has 4 aromatic rings. The number of amides is 1. The summed E-state index contributed by atoms with van der Waals surface area (Å²) in [6, 6.07) is 26.2. The second kappa shape index (κ2) is 9.53.